The van der Waals surface area contributed by atoms with Crippen molar-refractivity contribution in [1.82, 2.24) is 0 Å². The molecule has 0 aromatic heterocycles. The molecule has 0 aliphatic rings. The molecule has 244 valence electrons. The van der Waals surface area contributed by atoms with Crippen LogP contribution in [0.2, 0.25) is 0 Å². The lowest BCUT2D eigenvalue weighted by atomic mass is 9.98. The molecular formula is C36H41F5O4. The Bertz CT molecular complexity index is 1400. The minimum Gasteiger partial charge on any atom is -0.459 e. The van der Waals surface area contributed by atoms with E-state index >= 15 is 8.78 Å². The van der Waals surface area contributed by atoms with E-state index in [1.165, 1.54) is 24.3 Å². The lowest BCUT2D eigenvalue weighted by Crippen LogP contribution is -2.33. The number of rotatable bonds is 16. The maximum atomic E-state index is 15.0. The van der Waals surface area contributed by atoms with E-state index in [0.717, 1.165) is 57.1 Å². The number of ether oxygens (including phenoxy) is 2. The molecule has 0 aliphatic carbocycles. The van der Waals surface area contributed by atoms with Crippen molar-refractivity contribution in [2.75, 3.05) is 0 Å². The van der Waals surface area contributed by atoms with Gasteiger partial charge >= 0.3 is 18.1 Å². The van der Waals surface area contributed by atoms with E-state index in [-0.39, 0.29) is 41.2 Å². The van der Waals surface area contributed by atoms with E-state index in [9.17, 15) is 22.8 Å². The number of halogens is 5. The van der Waals surface area contributed by atoms with Crippen LogP contribution in [0.1, 0.15) is 106 Å². The molecule has 3 aromatic rings. The summed E-state index contributed by atoms with van der Waals surface area (Å²) < 4.78 is 80.5. The predicted molar refractivity (Wildman–Crippen MR) is 165 cm³/mol. The molecule has 0 unspecified atom stereocenters. The first kappa shape index (κ1) is 35.7. The second kappa shape index (κ2) is 17.1. The van der Waals surface area contributed by atoms with Crippen molar-refractivity contribution < 1.29 is 41.0 Å². The third-order valence-corrected chi connectivity index (χ3v) is 7.62. The van der Waals surface area contributed by atoms with E-state index in [1.807, 2.05) is 13.8 Å². The Morgan fingerprint density at radius 2 is 1.09 bits per heavy atom. The fraction of sp³-hybridized carbons (Fsp3) is 0.444. The van der Waals surface area contributed by atoms with Crippen LogP contribution in [0.5, 0.6) is 0 Å². The first-order valence-electron chi connectivity index (χ1n) is 15.6. The number of esters is 2. The zero-order chi connectivity index (χ0) is 33.0. The van der Waals surface area contributed by atoms with Crippen molar-refractivity contribution in [3.8, 4) is 22.3 Å². The van der Waals surface area contributed by atoms with Crippen LogP contribution in [0.4, 0.5) is 22.0 Å². The summed E-state index contributed by atoms with van der Waals surface area (Å²) in [5.41, 5.74) is 1.01. The van der Waals surface area contributed by atoms with Crippen molar-refractivity contribution in [2.45, 2.75) is 103 Å². The van der Waals surface area contributed by atoms with Crippen LogP contribution in [-0.2, 0) is 9.47 Å². The summed E-state index contributed by atoms with van der Waals surface area (Å²) in [5, 5.41) is 0. The standard InChI is InChI=1S/C36H41F5O4/c1-4-6-8-10-12-24(3)44-34(42)27-18-20-29(31(37)22-27)25-14-16-26(17-15-25)30-21-19-28(23-32(30)38)35(43)45-33(36(39,40)41)13-11-9-7-5-2/h14-24,33H,4-13H2,1-3H3/t24-,33+/m1/s1. The summed E-state index contributed by atoms with van der Waals surface area (Å²) in [6.07, 6.45) is -0.138. The summed E-state index contributed by atoms with van der Waals surface area (Å²) in [7, 11) is 0. The highest BCUT2D eigenvalue weighted by atomic mass is 19.4. The highest BCUT2D eigenvalue weighted by Crippen LogP contribution is 2.31. The molecule has 3 aromatic carbocycles. The van der Waals surface area contributed by atoms with Crippen LogP contribution in [0.15, 0.2) is 60.7 Å². The second-order valence-electron chi connectivity index (χ2n) is 11.3. The Morgan fingerprint density at radius 1 is 0.644 bits per heavy atom. The average molecular weight is 633 g/mol. The second-order valence-corrected chi connectivity index (χ2v) is 11.3. The van der Waals surface area contributed by atoms with Gasteiger partial charge in [0.25, 0.3) is 0 Å². The monoisotopic (exact) mass is 632 g/mol. The quantitative estimate of drug-likeness (QED) is 0.0896. The molecule has 0 N–H and O–H groups in total. The molecular weight excluding hydrogens is 591 g/mol. The van der Waals surface area contributed by atoms with E-state index in [2.05, 4.69) is 6.92 Å². The minimum absolute atomic E-state index is 0.104. The van der Waals surface area contributed by atoms with Crippen LogP contribution >= 0.6 is 0 Å². The van der Waals surface area contributed by atoms with Crippen LogP contribution in [-0.4, -0.2) is 30.3 Å². The smallest absolute Gasteiger partial charge is 0.425 e. The zero-order valence-electron chi connectivity index (χ0n) is 26.0. The third-order valence-electron chi connectivity index (χ3n) is 7.62. The van der Waals surface area contributed by atoms with Crippen molar-refractivity contribution in [1.29, 1.82) is 0 Å². The molecule has 0 radical (unpaired) electrons. The van der Waals surface area contributed by atoms with Gasteiger partial charge in [0, 0.05) is 11.1 Å². The molecule has 0 aliphatic heterocycles. The summed E-state index contributed by atoms with van der Waals surface area (Å²) in [5.74, 6) is -3.29. The molecule has 0 spiro atoms. The molecule has 9 heteroatoms. The van der Waals surface area contributed by atoms with Gasteiger partial charge in [-0.2, -0.15) is 13.2 Å². The molecule has 2 atom stereocenters. The van der Waals surface area contributed by atoms with Crippen molar-refractivity contribution in [2.24, 2.45) is 0 Å². The lowest BCUT2D eigenvalue weighted by molar-refractivity contribution is -0.206. The van der Waals surface area contributed by atoms with Gasteiger partial charge in [0.2, 0.25) is 0 Å². The van der Waals surface area contributed by atoms with Gasteiger partial charge in [-0.3, -0.25) is 0 Å². The SMILES string of the molecule is CCCCCC[C@@H](C)OC(=O)c1ccc(-c2ccc(-c3ccc(C(=O)O[C@@H](CCCCCC)C(F)(F)F)cc3F)cc2)c(F)c1. The number of benzene rings is 3. The van der Waals surface area contributed by atoms with Gasteiger partial charge in [0.15, 0.2) is 6.10 Å². The molecule has 0 saturated carbocycles. The van der Waals surface area contributed by atoms with E-state index in [1.54, 1.807) is 24.3 Å². The number of carbonyl (C=O) groups is 2. The van der Waals surface area contributed by atoms with E-state index in [4.69, 9.17) is 9.47 Å². The van der Waals surface area contributed by atoms with Gasteiger partial charge < -0.3 is 9.47 Å². The number of hydrogen-bond acceptors (Lipinski definition) is 4. The summed E-state index contributed by atoms with van der Waals surface area (Å²) in [6, 6.07) is 13.7. The maximum Gasteiger partial charge on any atom is 0.425 e. The van der Waals surface area contributed by atoms with Crippen LogP contribution in [0, 0.1) is 11.6 Å². The molecule has 0 heterocycles. The van der Waals surface area contributed by atoms with Crippen LogP contribution < -0.4 is 0 Å². The summed E-state index contributed by atoms with van der Waals surface area (Å²) in [4.78, 5) is 25.0. The van der Waals surface area contributed by atoms with Crippen LogP contribution in [0.25, 0.3) is 22.3 Å². The molecule has 45 heavy (non-hydrogen) atoms. The zero-order valence-corrected chi connectivity index (χ0v) is 26.0. The Kier molecular flexibility index (Phi) is 13.6. The fourth-order valence-corrected chi connectivity index (χ4v) is 4.99. The first-order chi connectivity index (χ1) is 21.4. The van der Waals surface area contributed by atoms with Gasteiger partial charge in [-0.15, -0.1) is 0 Å². The minimum atomic E-state index is -4.72. The highest BCUT2D eigenvalue weighted by Gasteiger charge is 2.42. The predicted octanol–water partition coefficient (Wildman–Crippen LogP) is 10.9. The number of carbonyl (C=O) groups excluding carboxylic acids is 2. The molecule has 0 amide bonds. The first-order valence-corrected chi connectivity index (χ1v) is 15.6. The van der Waals surface area contributed by atoms with E-state index < -0.39 is 35.9 Å². The van der Waals surface area contributed by atoms with Gasteiger partial charge in [-0.25, -0.2) is 18.4 Å². The van der Waals surface area contributed by atoms with Crippen molar-refractivity contribution in [3.63, 3.8) is 0 Å². The molecule has 0 fully saturated rings. The topological polar surface area (TPSA) is 52.6 Å². The lowest BCUT2D eigenvalue weighted by Gasteiger charge is -2.20. The number of unbranched alkanes of at least 4 members (excludes halogenated alkanes) is 6. The highest BCUT2D eigenvalue weighted by molar-refractivity contribution is 5.91. The Hall–Kier alpha value is -3.75. The normalized spacial score (nSPS) is 12.9. The van der Waals surface area contributed by atoms with Crippen molar-refractivity contribution in [3.05, 3.63) is 83.4 Å². The number of hydrogen-bond donors (Lipinski definition) is 0. The Morgan fingerprint density at radius 3 is 1.51 bits per heavy atom. The largest absolute Gasteiger partial charge is 0.459 e. The summed E-state index contributed by atoms with van der Waals surface area (Å²) >= 11 is 0. The van der Waals surface area contributed by atoms with Crippen molar-refractivity contribution >= 4 is 11.9 Å². The molecule has 0 bridgehead atoms. The fourth-order valence-electron chi connectivity index (χ4n) is 4.99. The van der Waals surface area contributed by atoms with Gasteiger partial charge in [0.05, 0.1) is 17.2 Å². The van der Waals surface area contributed by atoms with Gasteiger partial charge in [-0.1, -0.05) is 88.8 Å². The average Bonchev–Trinajstić information content (AvgIpc) is 3.00. The van der Waals surface area contributed by atoms with Gasteiger partial charge in [-0.05, 0) is 68.0 Å². The Balaban J connectivity index is 1.66. The van der Waals surface area contributed by atoms with Gasteiger partial charge in [0.1, 0.15) is 11.6 Å². The number of alkyl halides is 3. The molecule has 0 saturated heterocycles. The Labute approximate surface area is 261 Å². The van der Waals surface area contributed by atoms with Crippen LogP contribution in [0.3, 0.4) is 0 Å². The summed E-state index contributed by atoms with van der Waals surface area (Å²) in [6.45, 7) is 5.87. The van der Waals surface area contributed by atoms with E-state index in [0.29, 0.717) is 17.5 Å². The third kappa shape index (κ3) is 10.7. The molecule has 4 nitrogen and oxygen atoms in total. The maximum absolute atomic E-state index is 15.0. The molecule has 3 rings (SSSR count).